The molecule has 0 saturated carbocycles. The molecule has 1 aromatic carbocycles. The minimum atomic E-state index is -3.28. The number of nitrogens with one attached hydrogen (secondary N) is 1. The van der Waals surface area contributed by atoms with Crippen LogP contribution >= 0.6 is 11.8 Å². The predicted octanol–water partition coefficient (Wildman–Crippen LogP) is 2.06. The Labute approximate surface area is 125 Å². The van der Waals surface area contributed by atoms with Gasteiger partial charge in [0.25, 0.3) is 0 Å². The first-order valence-corrected chi connectivity index (χ1v) is 9.49. The molecular weight excluding hydrogens is 292 g/mol. The summed E-state index contributed by atoms with van der Waals surface area (Å²) < 4.78 is 24.2. The van der Waals surface area contributed by atoms with Gasteiger partial charge in [-0.1, -0.05) is 0 Å². The summed E-state index contributed by atoms with van der Waals surface area (Å²) in [5.41, 5.74) is 0.466. The van der Waals surface area contributed by atoms with Crippen LogP contribution in [0.5, 0.6) is 0 Å². The molecule has 1 N–H and O–H groups in total. The number of sulfone groups is 1. The molecule has 0 radical (unpaired) electrons. The van der Waals surface area contributed by atoms with Gasteiger partial charge in [0.05, 0.1) is 22.3 Å². The molecule has 0 spiro atoms. The molecule has 0 aromatic heterocycles. The summed E-state index contributed by atoms with van der Waals surface area (Å²) in [7, 11) is -3.28. The molecular formula is C14H20N2O2S2. The van der Waals surface area contributed by atoms with Crippen LogP contribution < -0.4 is 5.32 Å². The summed E-state index contributed by atoms with van der Waals surface area (Å²) in [6, 6.07) is 8.33. The molecule has 0 aliphatic rings. The largest absolute Gasteiger partial charge is 0.313 e. The first kappa shape index (κ1) is 17.0. The fraction of sp³-hybridized carbons (Fsp3) is 0.500. The average Bonchev–Trinajstić information content (AvgIpc) is 2.45. The highest BCUT2D eigenvalue weighted by Gasteiger charge is 2.14. The van der Waals surface area contributed by atoms with Gasteiger partial charge in [0, 0.05) is 12.6 Å². The lowest BCUT2D eigenvalue weighted by atomic mass is 10.2. The van der Waals surface area contributed by atoms with E-state index >= 15 is 0 Å². The first-order valence-electron chi connectivity index (χ1n) is 6.45. The Kier molecular flexibility index (Phi) is 7.06. The molecule has 4 nitrogen and oxygen atoms in total. The molecule has 0 aliphatic heterocycles. The summed E-state index contributed by atoms with van der Waals surface area (Å²) in [6.07, 6.45) is 3.08. The van der Waals surface area contributed by atoms with E-state index in [-0.39, 0.29) is 10.6 Å². The third-order valence-electron chi connectivity index (χ3n) is 2.96. The molecule has 6 heteroatoms. The number of benzene rings is 1. The minimum Gasteiger partial charge on any atom is -0.313 e. The molecule has 110 valence electrons. The zero-order chi connectivity index (χ0) is 15.0. The van der Waals surface area contributed by atoms with Crippen LogP contribution in [0.25, 0.3) is 0 Å². The Morgan fingerprint density at radius 3 is 2.55 bits per heavy atom. The summed E-state index contributed by atoms with van der Waals surface area (Å²) in [5.74, 6) is 1.14. The Balaban J connectivity index is 2.51. The van der Waals surface area contributed by atoms with E-state index in [1.807, 2.05) is 6.07 Å². The second kappa shape index (κ2) is 8.30. The minimum absolute atomic E-state index is 0.0719. The second-order valence-corrected chi connectivity index (χ2v) is 7.69. The SMILES string of the molecule is CSCCC(C)NCCS(=O)(=O)c1ccc(C#N)cc1. The summed E-state index contributed by atoms with van der Waals surface area (Å²) in [6.45, 7) is 2.50. The zero-order valence-electron chi connectivity index (χ0n) is 11.8. The van der Waals surface area contributed by atoms with Gasteiger partial charge in [0.1, 0.15) is 0 Å². The van der Waals surface area contributed by atoms with Gasteiger partial charge >= 0.3 is 0 Å². The molecule has 0 heterocycles. The number of hydrogen-bond acceptors (Lipinski definition) is 5. The van der Waals surface area contributed by atoms with Crippen molar-refractivity contribution in [3.8, 4) is 6.07 Å². The Morgan fingerprint density at radius 2 is 2.00 bits per heavy atom. The maximum atomic E-state index is 12.1. The van der Waals surface area contributed by atoms with Crippen LogP contribution in [0, 0.1) is 11.3 Å². The lowest BCUT2D eigenvalue weighted by Crippen LogP contribution is -2.31. The predicted molar refractivity (Wildman–Crippen MR) is 83.7 cm³/mol. The monoisotopic (exact) mass is 312 g/mol. The lowest BCUT2D eigenvalue weighted by molar-refractivity contribution is 0.547. The van der Waals surface area contributed by atoms with Crippen molar-refractivity contribution in [2.45, 2.75) is 24.3 Å². The topological polar surface area (TPSA) is 70.0 Å². The smallest absolute Gasteiger partial charge is 0.179 e. The summed E-state index contributed by atoms with van der Waals surface area (Å²) in [5, 5.41) is 11.9. The van der Waals surface area contributed by atoms with Gasteiger partial charge in [-0.2, -0.15) is 17.0 Å². The van der Waals surface area contributed by atoms with E-state index in [1.54, 1.807) is 11.8 Å². The molecule has 1 unspecified atom stereocenters. The fourth-order valence-corrected chi connectivity index (χ4v) is 3.45. The van der Waals surface area contributed by atoms with Gasteiger partial charge < -0.3 is 5.32 Å². The third-order valence-corrected chi connectivity index (χ3v) is 5.34. The van der Waals surface area contributed by atoms with E-state index < -0.39 is 9.84 Å². The Bertz CT molecular complexity index is 548. The van der Waals surface area contributed by atoms with Gasteiger partial charge in [0.2, 0.25) is 0 Å². The molecule has 1 atom stereocenters. The highest BCUT2D eigenvalue weighted by molar-refractivity contribution is 7.98. The highest BCUT2D eigenvalue weighted by atomic mass is 32.2. The highest BCUT2D eigenvalue weighted by Crippen LogP contribution is 2.12. The van der Waals surface area contributed by atoms with Crippen LogP contribution in [-0.2, 0) is 9.84 Å². The van der Waals surface area contributed by atoms with Crippen molar-refractivity contribution in [3.05, 3.63) is 29.8 Å². The van der Waals surface area contributed by atoms with Gasteiger partial charge in [-0.15, -0.1) is 0 Å². The third kappa shape index (κ3) is 5.53. The summed E-state index contributed by atoms with van der Waals surface area (Å²) >= 11 is 1.78. The van der Waals surface area contributed by atoms with E-state index in [2.05, 4.69) is 18.5 Å². The number of nitriles is 1. The molecule has 0 aliphatic carbocycles. The molecule has 0 bridgehead atoms. The van der Waals surface area contributed by atoms with Crippen LogP contribution in [0.1, 0.15) is 18.9 Å². The zero-order valence-corrected chi connectivity index (χ0v) is 13.4. The van der Waals surface area contributed by atoms with Gasteiger partial charge in [-0.05, 0) is 49.6 Å². The normalized spacial score (nSPS) is 12.8. The molecule has 1 aromatic rings. The number of thioether (sulfide) groups is 1. The van der Waals surface area contributed by atoms with Crippen LogP contribution in [0.4, 0.5) is 0 Å². The Hall–Kier alpha value is -1.03. The number of hydrogen-bond donors (Lipinski definition) is 1. The van der Waals surface area contributed by atoms with E-state index in [9.17, 15) is 8.42 Å². The van der Waals surface area contributed by atoms with Crippen LogP contribution in [0.2, 0.25) is 0 Å². The van der Waals surface area contributed by atoms with Gasteiger partial charge in [-0.3, -0.25) is 0 Å². The van der Waals surface area contributed by atoms with Crippen molar-refractivity contribution < 1.29 is 8.42 Å². The van der Waals surface area contributed by atoms with Gasteiger partial charge in [0.15, 0.2) is 9.84 Å². The van der Waals surface area contributed by atoms with E-state index in [0.29, 0.717) is 18.2 Å². The van der Waals surface area contributed by atoms with E-state index in [4.69, 9.17) is 5.26 Å². The van der Waals surface area contributed by atoms with Crippen molar-refractivity contribution in [3.63, 3.8) is 0 Å². The Morgan fingerprint density at radius 1 is 1.35 bits per heavy atom. The van der Waals surface area contributed by atoms with Crippen molar-refractivity contribution in [1.29, 1.82) is 5.26 Å². The maximum absolute atomic E-state index is 12.1. The van der Waals surface area contributed by atoms with Crippen LogP contribution in [0.15, 0.2) is 29.2 Å². The van der Waals surface area contributed by atoms with E-state index in [0.717, 1.165) is 12.2 Å². The van der Waals surface area contributed by atoms with E-state index in [1.165, 1.54) is 24.3 Å². The van der Waals surface area contributed by atoms with Crippen LogP contribution in [0.3, 0.4) is 0 Å². The van der Waals surface area contributed by atoms with Crippen molar-refractivity contribution >= 4 is 21.6 Å². The first-order chi connectivity index (χ1) is 9.49. The van der Waals surface area contributed by atoms with Gasteiger partial charge in [-0.25, -0.2) is 8.42 Å². The van der Waals surface area contributed by atoms with Crippen molar-refractivity contribution in [2.75, 3.05) is 24.3 Å². The van der Waals surface area contributed by atoms with Crippen molar-refractivity contribution in [2.24, 2.45) is 0 Å². The fourth-order valence-electron chi connectivity index (χ4n) is 1.69. The average molecular weight is 312 g/mol. The molecule has 0 amide bonds. The molecule has 0 fully saturated rings. The second-order valence-electron chi connectivity index (χ2n) is 4.59. The number of rotatable bonds is 8. The quantitative estimate of drug-likeness (QED) is 0.795. The molecule has 20 heavy (non-hydrogen) atoms. The standard InChI is InChI=1S/C14H20N2O2S2/c1-12(7-9-19-2)16-8-10-20(17,18)14-5-3-13(11-15)4-6-14/h3-6,12,16H,7-10H2,1-2H3. The van der Waals surface area contributed by atoms with Crippen molar-refractivity contribution in [1.82, 2.24) is 5.32 Å². The molecule has 1 rings (SSSR count). The molecule has 0 saturated heterocycles. The van der Waals surface area contributed by atoms with Crippen LogP contribution in [-0.4, -0.2) is 38.8 Å². The number of nitrogens with zero attached hydrogens (tertiary/aromatic N) is 1. The lowest BCUT2D eigenvalue weighted by Gasteiger charge is -2.13. The maximum Gasteiger partial charge on any atom is 0.179 e. The summed E-state index contributed by atoms with van der Waals surface area (Å²) in [4.78, 5) is 0.273.